The average Bonchev–Trinajstić information content (AvgIpc) is 3.24. The summed E-state index contributed by atoms with van der Waals surface area (Å²) in [4.78, 5) is 12.0. The van der Waals surface area contributed by atoms with Crippen LogP contribution < -0.4 is 0 Å². The number of phenols is 1. The summed E-state index contributed by atoms with van der Waals surface area (Å²) in [6.07, 6.45) is 3.10. The molecule has 2 aromatic rings. The van der Waals surface area contributed by atoms with Crippen LogP contribution in [0.5, 0.6) is 5.75 Å². The van der Waals surface area contributed by atoms with E-state index in [0.717, 1.165) is 24.2 Å². The molecule has 0 radical (unpaired) electrons. The summed E-state index contributed by atoms with van der Waals surface area (Å²) in [5.74, 6) is -1.13. The van der Waals surface area contributed by atoms with Gasteiger partial charge in [-0.25, -0.2) is 13.2 Å². The van der Waals surface area contributed by atoms with E-state index in [1.54, 1.807) is 12.1 Å². The Morgan fingerprint density at radius 1 is 1.16 bits per heavy atom. The lowest BCUT2D eigenvalue weighted by Crippen LogP contribution is -2.27. The molecule has 1 aromatic carbocycles. The first kappa shape index (κ1) is 17.7. The van der Waals surface area contributed by atoms with Gasteiger partial charge in [0.15, 0.2) is 0 Å². The van der Waals surface area contributed by atoms with Gasteiger partial charge in [0.1, 0.15) is 9.96 Å². The maximum atomic E-state index is 12.6. The highest BCUT2D eigenvalue weighted by molar-refractivity contribution is 7.91. The van der Waals surface area contributed by atoms with Crippen molar-refractivity contribution in [2.45, 2.75) is 17.1 Å². The van der Waals surface area contributed by atoms with Gasteiger partial charge in [0, 0.05) is 18.0 Å². The summed E-state index contributed by atoms with van der Waals surface area (Å²) in [7, 11) is -3.56. The molecule has 0 atom stereocenters. The second-order valence-electron chi connectivity index (χ2n) is 5.69. The fourth-order valence-corrected chi connectivity index (χ4v) is 5.66. The third kappa shape index (κ3) is 3.76. The maximum absolute atomic E-state index is 12.6. The van der Waals surface area contributed by atoms with Crippen molar-refractivity contribution < 1.29 is 23.4 Å². The van der Waals surface area contributed by atoms with Crippen LogP contribution >= 0.6 is 11.3 Å². The molecule has 0 amide bonds. The highest BCUT2D eigenvalue weighted by Crippen LogP contribution is 2.32. The van der Waals surface area contributed by atoms with Crippen molar-refractivity contribution in [2.24, 2.45) is 0 Å². The number of aliphatic carboxylic acids is 1. The van der Waals surface area contributed by atoms with Crippen molar-refractivity contribution in [3.8, 4) is 5.75 Å². The van der Waals surface area contributed by atoms with Gasteiger partial charge in [0.2, 0.25) is 0 Å². The van der Waals surface area contributed by atoms with Crippen molar-refractivity contribution >= 4 is 39.0 Å². The standard InChI is InChI=1S/C17H17NO5S2/c19-13-5-3-4-12(10-13)11-14(17(20)21)15-6-7-16(24-15)25(22,23)18-8-1-2-9-18/h3-7,10-11,19H,1-2,8-9H2,(H,20,21). The smallest absolute Gasteiger partial charge is 0.337 e. The van der Waals surface area contributed by atoms with Gasteiger partial charge < -0.3 is 10.2 Å². The van der Waals surface area contributed by atoms with E-state index in [1.807, 2.05) is 0 Å². The van der Waals surface area contributed by atoms with Crippen LogP contribution in [-0.4, -0.2) is 42.0 Å². The fraction of sp³-hybridized carbons (Fsp3) is 0.235. The van der Waals surface area contributed by atoms with E-state index < -0.39 is 16.0 Å². The molecule has 0 aliphatic carbocycles. The molecule has 1 aromatic heterocycles. The monoisotopic (exact) mass is 379 g/mol. The van der Waals surface area contributed by atoms with Gasteiger partial charge >= 0.3 is 5.97 Å². The Morgan fingerprint density at radius 2 is 1.88 bits per heavy atom. The Hall–Kier alpha value is -2.16. The largest absolute Gasteiger partial charge is 0.508 e. The van der Waals surface area contributed by atoms with Crippen LogP contribution in [0.4, 0.5) is 0 Å². The average molecular weight is 379 g/mol. The summed E-state index contributed by atoms with van der Waals surface area (Å²) in [5.41, 5.74) is 0.508. The molecule has 3 rings (SSSR count). The maximum Gasteiger partial charge on any atom is 0.337 e. The Labute approximate surface area is 149 Å². The first-order valence-corrected chi connectivity index (χ1v) is 9.98. The van der Waals surface area contributed by atoms with Gasteiger partial charge in [-0.3, -0.25) is 0 Å². The van der Waals surface area contributed by atoms with Gasteiger partial charge in [-0.1, -0.05) is 12.1 Å². The second kappa shape index (κ2) is 6.99. The number of thiophene rings is 1. The van der Waals surface area contributed by atoms with Crippen LogP contribution in [0, 0.1) is 0 Å². The van der Waals surface area contributed by atoms with Crippen LogP contribution in [0.1, 0.15) is 23.3 Å². The van der Waals surface area contributed by atoms with Gasteiger partial charge in [-0.15, -0.1) is 11.3 Å². The number of phenolic OH excluding ortho intramolecular Hbond substituents is 1. The highest BCUT2D eigenvalue weighted by atomic mass is 32.2. The van der Waals surface area contributed by atoms with Crippen LogP contribution in [-0.2, 0) is 14.8 Å². The highest BCUT2D eigenvalue weighted by Gasteiger charge is 2.29. The molecule has 0 spiro atoms. The molecule has 0 bridgehead atoms. The topological polar surface area (TPSA) is 94.9 Å². The molecular formula is C17H17NO5S2. The van der Waals surface area contributed by atoms with Crippen molar-refractivity contribution in [3.05, 3.63) is 46.8 Å². The summed E-state index contributed by atoms with van der Waals surface area (Å²) in [6.45, 7) is 1.00. The molecule has 0 unspecified atom stereocenters. The van der Waals surface area contributed by atoms with E-state index in [0.29, 0.717) is 23.5 Å². The molecule has 8 heteroatoms. The summed E-state index contributed by atoms with van der Waals surface area (Å²) >= 11 is 0.945. The van der Waals surface area contributed by atoms with E-state index >= 15 is 0 Å². The van der Waals surface area contributed by atoms with Crippen LogP contribution in [0.3, 0.4) is 0 Å². The van der Waals surface area contributed by atoms with E-state index in [9.17, 15) is 23.4 Å². The predicted molar refractivity (Wildman–Crippen MR) is 95.9 cm³/mol. The Bertz CT molecular complexity index is 924. The SMILES string of the molecule is O=C(O)C(=Cc1cccc(O)c1)c1ccc(S(=O)(=O)N2CCCC2)s1. The molecule has 1 fully saturated rings. The molecule has 25 heavy (non-hydrogen) atoms. The minimum absolute atomic E-state index is 0.0153. The Morgan fingerprint density at radius 3 is 2.52 bits per heavy atom. The van der Waals surface area contributed by atoms with E-state index in [4.69, 9.17) is 0 Å². The molecule has 2 N–H and O–H groups in total. The lowest BCUT2D eigenvalue weighted by Gasteiger charge is -2.13. The van der Waals surface area contributed by atoms with Crippen molar-refractivity contribution in [3.63, 3.8) is 0 Å². The number of benzene rings is 1. The van der Waals surface area contributed by atoms with E-state index in [2.05, 4.69) is 0 Å². The van der Waals surface area contributed by atoms with Gasteiger partial charge in [0.25, 0.3) is 10.0 Å². The number of hydrogen-bond donors (Lipinski definition) is 2. The first-order chi connectivity index (χ1) is 11.9. The van der Waals surface area contributed by atoms with Crippen LogP contribution in [0.25, 0.3) is 11.6 Å². The number of carboxylic acid groups (broad SMARTS) is 1. The van der Waals surface area contributed by atoms with Gasteiger partial charge in [-0.2, -0.15) is 4.31 Å². The Balaban J connectivity index is 1.97. The summed E-state index contributed by atoms with van der Waals surface area (Å²) in [5, 5.41) is 19.0. The van der Waals surface area contributed by atoms with Crippen molar-refractivity contribution in [1.82, 2.24) is 4.31 Å². The summed E-state index contributed by atoms with van der Waals surface area (Å²) in [6, 6.07) is 9.17. The van der Waals surface area contributed by atoms with E-state index in [1.165, 1.54) is 34.6 Å². The van der Waals surface area contributed by atoms with Gasteiger partial charge in [0.05, 0.1) is 5.57 Å². The molecule has 6 nitrogen and oxygen atoms in total. The fourth-order valence-electron chi connectivity index (χ4n) is 2.68. The van der Waals surface area contributed by atoms with Gasteiger partial charge in [-0.05, 0) is 48.7 Å². The third-order valence-electron chi connectivity index (χ3n) is 3.92. The van der Waals surface area contributed by atoms with E-state index in [-0.39, 0.29) is 15.5 Å². The minimum Gasteiger partial charge on any atom is -0.508 e. The second-order valence-corrected chi connectivity index (χ2v) is 8.94. The normalized spacial score (nSPS) is 16.2. The Kier molecular flexibility index (Phi) is 4.94. The molecule has 2 heterocycles. The quantitative estimate of drug-likeness (QED) is 0.779. The molecule has 0 saturated carbocycles. The van der Waals surface area contributed by atoms with Crippen LogP contribution in [0.2, 0.25) is 0 Å². The molecule has 1 aliphatic heterocycles. The third-order valence-corrected chi connectivity index (χ3v) is 7.40. The van der Waals surface area contributed by atoms with Crippen LogP contribution in [0.15, 0.2) is 40.6 Å². The first-order valence-electron chi connectivity index (χ1n) is 7.72. The number of hydrogen-bond acceptors (Lipinski definition) is 5. The zero-order chi connectivity index (χ0) is 18.0. The van der Waals surface area contributed by atoms with Crippen molar-refractivity contribution in [1.29, 1.82) is 0 Å². The summed E-state index contributed by atoms with van der Waals surface area (Å²) < 4.78 is 26.7. The molecular weight excluding hydrogens is 362 g/mol. The number of carbonyl (C=O) groups is 1. The molecule has 132 valence electrons. The number of nitrogens with zero attached hydrogens (tertiary/aromatic N) is 1. The van der Waals surface area contributed by atoms with Crippen molar-refractivity contribution in [2.75, 3.05) is 13.1 Å². The number of aromatic hydroxyl groups is 1. The lowest BCUT2D eigenvalue weighted by molar-refractivity contribution is -0.130. The minimum atomic E-state index is -3.56. The number of sulfonamides is 1. The zero-order valence-corrected chi connectivity index (χ0v) is 14.9. The zero-order valence-electron chi connectivity index (χ0n) is 13.3. The lowest BCUT2D eigenvalue weighted by atomic mass is 10.1. The predicted octanol–water partition coefficient (Wildman–Crippen LogP) is 2.86. The number of carboxylic acids is 1. The molecule has 1 saturated heterocycles. The molecule has 1 aliphatic rings. The number of rotatable bonds is 5.